The Kier molecular flexibility index (Phi) is 2.54. The van der Waals surface area contributed by atoms with Crippen molar-refractivity contribution < 1.29 is 14.6 Å². The third-order valence-electron chi connectivity index (χ3n) is 3.44. The van der Waals surface area contributed by atoms with Crippen LogP contribution in [0.4, 0.5) is 0 Å². The molecule has 2 fully saturated rings. The van der Waals surface area contributed by atoms with E-state index in [0.717, 1.165) is 26.1 Å². The fourth-order valence-electron chi connectivity index (χ4n) is 2.77. The summed E-state index contributed by atoms with van der Waals surface area (Å²) in [5.74, 6) is 0.774. The minimum Gasteiger partial charge on any atom is -0.481 e. The molecular weight excluding hydrogens is 168 g/mol. The van der Waals surface area contributed by atoms with Crippen molar-refractivity contribution in [1.82, 2.24) is 0 Å². The Balaban J connectivity index is 2.02. The van der Waals surface area contributed by atoms with Crippen LogP contribution < -0.4 is 0 Å². The maximum Gasteiger partial charge on any atom is 0.303 e. The lowest BCUT2D eigenvalue weighted by Gasteiger charge is -2.41. The Hall–Kier alpha value is -0.570. The molecule has 3 heteroatoms. The Bertz CT molecular complexity index is 180. The molecule has 0 radical (unpaired) electrons. The van der Waals surface area contributed by atoms with Gasteiger partial charge in [0, 0.05) is 19.6 Å². The first kappa shape index (κ1) is 9.00. The zero-order valence-electron chi connectivity index (χ0n) is 7.74. The van der Waals surface area contributed by atoms with Gasteiger partial charge in [-0.1, -0.05) is 6.42 Å². The molecule has 1 heterocycles. The van der Waals surface area contributed by atoms with Gasteiger partial charge in [-0.25, -0.2) is 0 Å². The predicted octanol–water partition coefficient (Wildman–Crippen LogP) is 1.52. The van der Waals surface area contributed by atoms with E-state index in [1.165, 1.54) is 6.42 Å². The van der Waals surface area contributed by atoms with E-state index in [9.17, 15) is 4.79 Å². The van der Waals surface area contributed by atoms with Crippen LogP contribution in [0.25, 0.3) is 0 Å². The summed E-state index contributed by atoms with van der Waals surface area (Å²) >= 11 is 0. The Morgan fingerprint density at radius 3 is 2.46 bits per heavy atom. The second kappa shape index (κ2) is 3.66. The molecule has 2 bridgehead atoms. The SMILES string of the molecule is O=C(O)CC1C2CCCC1COC2. The van der Waals surface area contributed by atoms with E-state index in [2.05, 4.69) is 0 Å². The number of ether oxygens (including phenoxy) is 1. The summed E-state index contributed by atoms with van der Waals surface area (Å²) in [5.41, 5.74) is 0. The van der Waals surface area contributed by atoms with E-state index >= 15 is 0 Å². The van der Waals surface area contributed by atoms with Crippen molar-refractivity contribution in [2.75, 3.05) is 13.2 Å². The maximum absolute atomic E-state index is 10.7. The van der Waals surface area contributed by atoms with Crippen molar-refractivity contribution in [2.24, 2.45) is 17.8 Å². The van der Waals surface area contributed by atoms with Crippen LogP contribution in [-0.2, 0) is 9.53 Å². The van der Waals surface area contributed by atoms with Gasteiger partial charge in [-0.3, -0.25) is 4.79 Å². The number of carbonyl (C=O) groups is 1. The molecule has 2 unspecified atom stereocenters. The Morgan fingerprint density at radius 1 is 1.31 bits per heavy atom. The van der Waals surface area contributed by atoms with Gasteiger partial charge in [0.15, 0.2) is 0 Å². The molecule has 13 heavy (non-hydrogen) atoms. The second-order valence-corrected chi connectivity index (χ2v) is 4.25. The third kappa shape index (κ3) is 1.85. The molecule has 2 aliphatic rings. The van der Waals surface area contributed by atoms with Crippen molar-refractivity contribution in [3.05, 3.63) is 0 Å². The van der Waals surface area contributed by atoms with E-state index in [1.54, 1.807) is 0 Å². The number of hydrogen-bond acceptors (Lipinski definition) is 2. The number of fused-ring (bicyclic) bond motifs is 2. The number of hydrogen-bond donors (Lipinski definition) is 1. The molecular formula is C10H16O3. The molecule has 1 saturated carbocycles. The molecule has 3 nitrogen and oxygen atoms in total. The highest BCUT2D eigenvalue weighted by Gasteiger charge is 2.37. The van der Waals surface area contributed by atoms with E-state index in [-0.39, 0.29) is 0 Å². The van der Waals surface area contributed by atoms with E-state index < -0.39 is 5.97 Å². The highest BCUT2D eigenvalue weighted by atomic mass is 16.5. The topological polar surface area (TPSA) is 46.5 Å². The lowest BCUT2D eigenvalue weighted by atomic mass is 9.70. The molecule has 74 valence electrons. The van der Waals surface area contributed by atoms with Gasteiger partial charge >= 0.3 is 5.97 Å². The molecule has 0 aromatic carbocycles. The Morgan fingerprint density at radius 2 is 1.92 bits per heavy atom. The summed E-state index contributed by atoms with van der Waals surface area (Å²) in [4.78, 5) is 10.7. The molecule has 0 spiro atoms. The van der Waals surface area contributed by atoms with Crippen molar-refractivity contribution in [2.45, 2.75) is 25.7 Å². The summed E-state index contributed by atoms with van der Waals surface area (Å²) in [6.45, 7) is 1.57. The molecule has 0 amide bonds. The van der Waals surface area contributed by atoms with E-state index in [1.807, 2.05) is 0 Å². The molecule has 0 aromatic rings. The molecule has 1 saturated heterocycles. The van der Waals surface area contributed by atoms with Gasteiger partial charge in [0.25, 0.3) is 0 Å². The first-order valence-electron chi connectivity index (χ1n) is 5.07. The van der Waals surface area contributed by atoms with Crippen molar-refractivity contribution in [1.29, 1.82) is 0 Å². The molecule has 1 aliphatic heterocycles. The summed E-state index contributed by atoms with van der Waals surface area (Å²) in [5, 5.41) is 8.78. The standard InChI is InChI=1S/C10H16O3/c11-10(12)4-9-7-2-1-3-8(9)6-13-5-7/h7-9H,1-6H2,(H,11,12). The molecule has 1 N–H and O–H groups in total. The zero-order valence-corrected chi connectivity index (χ0v) is 7.74. The fourth-order valence-corrected chi connectivity index (χ4v) is 2.77. The fraction of sp³-hybridized carbons (Fsp3) is 0.900. The number of rotatable bonds is 2. The molecule has 2 rings (SSSR count). The summed E-state index contributed by atoms with van der Waals surface area (Å²) in [6.07, 6.45) is 3.93. The maximum atomic E-state index is 10.7. The van der Waals surface area contributed by atoms with Crippen molar-refractivity contribution in [3.8, 4) is 0 Å². The van der Waals surface area contributed by atoms with Crippen LogP contribution in [0.1, 0.15) is 25.7 Å². The monoisotopic (exact) mass is 184 g/mol. The van der Waals surface area contributed by atoms with Gasteiger partial charge in [-0.15, -0.1) is 0 Å². The number of carboxylic acids is 1. The predicted molar refractivity (Wildman–Crippen MR) is 47.4 cm³/mol. The smallest absolute Gasteiger partial charge is 0.303 e. The van der Waals surface area contributed by atoms with Crippen molar-refractivity contribution in [3.63, 3.8) is 0 Å². The van der Waals surface area contributed by atoms with Crippen LogP contribution in [0.5, 0.6) is 0 Å². The third-order valence-corrected chi connectivity index (χ3v) is 3.44. The van der Waals surface area contributed by atoms with E-state index in [0.29, 0.717) is 24.2 Å². The quantitative estimate of drug-likeness (QED) is 0.707. The highest BCUT2D eigenvalue weighted by molar-refractivity contribution is 5.67. The van der Waals surface area contributed by atoms with Gasteiger partial charge in [0.2, 0.25) is 0 Å². The second-order valence-electron chi connectivity index (χ2n) is 4.25. The zero-order chi connectivity index (χ0) is 9.26. The molecule has 0 aromatic heterocycles. The van der Waals surface area contributed by atoms with Crippen LogP contribution in [0, 0.1) is 17.8 Å². The minimum absolute atomic E-state index is 0.346. The van der Waals surface area contributed by atoms with Crippen LogP contribution in [-0.4, -0.2) is 24.3 Å². The van der Waals surface area contributed by atoms with Gasteiger partial charge < -0.3 is 9.84 Å². The van der Waals surface area contributed by atoms with Crippen LogP contribution in [0.3, 0.4) is 0 Å². The average molecular weight is 184 g/mol. The molecule has 1 aliphatic carbocycles. The minimum atomic E-state index is -0.649. The normalized spacial score (nSPS) is 38.6. The van der Waals surface area contributed by atoms with E-state index in [4.69, 9.17) is 9.84 Å². The first-order valence-corrected chi connectivity index (χ1v) is 5.07. The number of carboxylic acid groups (broad SMARTS) is 1. The lowest BCUT2D eigenvalue weighted by Crippen LogP contribution is -2.40. The van der Waals surface area contributed by atoms with Gasteiger partial charge in [0.1, 0.15) is 0 Å². The van der Waals surface area contributed by atoms with Crippen LogP contribution in [0.2, 0.25) is 0 Å². The number of aliphatic carboxylic acids is 1. The summed E-state index contributed by atoms with van der Waals surface area (Å²) in [6, 6.07) is 0. The summed E-state index contributed by atoms with van der Waals surface area (Å²) in [7, 11) is 0. The average Bonchev–Trinajstić information content (AvgIpc) is 2.02. The first-order chi connectivity index (χ1) is 6.27. The highest BCUT2D eigenvalue weighted by Crippen LogP contribution is 2.40. The largest absolute Gasteiger partial charge is 0.481 e. The van der Waals surface area contributed by atoms with Crippen LogP contribution in [0.15, 0.2) is 0 Å². The van der Waals surface area contributed by atoms with Gasteiger partial charge in [-0.2, -0.15) is 0 Å². The lowest BCUT2D eigenvalue weighted by molar-refractivity contribution is -0.142. The molecule has 2 atom stereocenters. The van der Waals surface area contributed by atoms with Gasteiger partial charge in [0.05, 0.1) is 0 Å². The summed E-state index contributed by atoms with van der Waals surface area (Å²) < 4.78 is 5.46. The van der Waals surface area contributed by atoms with Crippen LogP contribution >= 0.6 is 0 Å². The van der Waals surface area contributed by atoms with Gasteiger partial charge in [-0.05, 0) is 30.6 Å². The van der Waals surface area contributed by atoms with Crippen molar-refractivity contribution >= 4 is 5.97 Å². The Labute approximate surface area is 78.1 Å².